The molecular weight excluding hydrogens is 404 g/mol. The summed E-state index contributed by atoms with van der Waals surface area (Å²) in [6.07, 6.45) is 5.07. The third-order valence-electron chi connectivity index (χ3n) is 6.30. The molecule has 4 nitrogen and oxygen atoms in total. The van der Waals surface area contributed by atoms with Gasteiger partial charge in [0.1, 0.15) is 6.61 Å². The van der Waals surface area contributed by atoms with E-state index in [4.69, 9.17) is 4.74 Å². The van der Waals surface area contributed by atoms with Crippen molar-refractivity contribution in [1.82, 2.24) is 10.2 Å². The molecule has 3 atom stereocenters. The molecule has 2 aromatic rings. The summed E-state index contributed by atoms with van der Waals surface area (Å²) < 4.78 is 5.46. The van der Waals surface area contributed by atoms with Crippen molar-refractivity contribution in [3.63, 3.8) is 0 Å². The number of likely N-dealkylation sites (tertiary alicyclic amines) is 1. The number of carbonyl (C=O) groups excluding carboxylic acids is 1. The molecular formula is C26H32N2O2S. The van der Waals surface area contributed by atoms with Gasteiger partial charge in [-0.25, -0.2) is 4.79 Å². The Hall–Kier alpha value is -2.24. The molecule has 0 saturated carbocycles. The van der Waals surface area contributed by atoms with Gasteiger partial charge in [-0.05, 0) is 42.6 Å². The van der Waals surface area contributed by atoms with Gasteiger partial charge in [-0.3, -0.25) is 10.2 Å². The Labute approximate surface area is 190 Å². The second-order valence-corrected chi connectivity index (χ2v) is 9.92. The second-order valence-electron chi connectivity index (χ2n) is 8.58. The number of allylic oxidation sites excluding steroid dienone is 1. The fraction of sp³-hybridized carbons (Fsp3) is 0.423. The molecule has 2 saturated heterocycles. The van der Waals surface area contributed by atoms with Gasteiger partial charge in [0.15, 0.2) is 0 Å². The number of ether oxygens (including phenoxy) is 1. The van der Waals surface area contributed by atoms with Gasteiger partial charge in [-0.1, -0.05) is 66.7 Å². The lowest BCUT2D eigenvalue weighted by Crippen LogP contribution is -2.46. The van der Waals surface area contributed by atoms with Gasteiger partial charge in [0.2, 0.25) is 0 Å². The molecule has 2 heterocycles. The summed E-state index contributed by atoms with van der Waals surface area (Å²) in [7, 11) is 0. The molecule has 5 heteroatoms. The number of hydrogen-bond donors (Lipinski definition) is 1. The number of hydrogen-bond acceptors (Lipinski definition) is 4. The molecule has 3 unspecified atom stereocenters. The standard InChI is InChI=1S/C26H32N2O2S/c1-20-16-25-23(13-15-31-25)18-28(20)14-12-24(17-21-8-4-2-5-9-21)27-26(29)30-19-22-10-6-3-7-11-22/h2-12,20,23,25H,13-19H2,1H3,(H,27,29)/b24-12+. The second kappa shape index (κ2) is 10.9. The average Bonchev–Trinajstić information content (AvgIpc) is 3.24. The smallest absolute Gasteiger partial charge is 0.411 e. The molecule has 0 radical (unpaired) electrons. The van der Waals surface area contributed by atoms with Crippen molar-refractivity contribution in [3.05, 3.63) is 83.6 Å². The first kappa shape index (κ1) is 22.0. The minimum absolute atomic E-state index is 0.273. The summed E-state index contributed by atoms with van der Waals surface area (Å²) in [5, 5.41) is 3.84. The number of nitrogens with one attached hydrogen (secondary N) is 1. The van der Waals surface area contributed by atoms with Crippen LogP contribution in [0.15, 0.2) is 72.4 Å². The van der Waals surface area contributed by atoms with Crippen LogP contribution in [0.5, 0.6) is 0 Å². The molecule has 1 N–H and O–H groups in total. The van der Waals surface area contributed by atoms with Gasteiger partial charge in [-0.2, -0.15) is 11.8 Å². The predicted molar refractivity (Wildman–Crippen MR) is 128 cm³/mol. The minimum Gasteiger partial charge on any atom is -0.444 e. The SMILES string of the molecule is CC1CC2SCCC2CN1C/C=C(\Cc1ccccc1)NC(=O)OCc1ccccc1. The van der Waals surface area contributed by atoms with Gasteiger partial charge < -0.3 is 4.74 Å². The minimum atomic E-state index is -0.398. The maximum atomic E-state index is 12.5. The monoisotopic (exact) mass is 436 g/mol. The van der Waals surface area contributed by atoms with Crippen LogP contribution in [-0.4, -0.2) is 41.1 Å². The Balaban J connectivity index is 1.39. The highest BCUT2D eigenvalue weighted by atomic mass is 32.2. The Morgan fingerprint density at radius 3 is 2.58 bits per heavy atom. The molecule has 0 spiro atoms. The van der Waals surface area contributed by atoms with Crippen LogP contribution >= 0.6 is 11.8 Å². The number of carbonyl (C=O) groups is 1. The highest BCUT2D eigenvalue weighted by molar-refractivity contribution is 8.00. The van der Waals surface area contributed by atoms with E-state index in [-0.39, 0.29) is 6.61 Å². The number of nitrogens with zero attached hydrogens (tertiary/aromatic N) is 1. The van der Waals surface area contributed by atoms with E-state index in [2.05, 4.69) is 47.1 Å². The number of piperidine rings is 1. The van der Waals surface area contributed by atoms with Crippen molar-refractivity contribution in [2.75, 3.05) is 18.8 Å². The van der Waals surface area contributed by atoms with Crippen molar-refractivity contribution in [3.8, 4) is 0 Å². The molecule has 0 aliphatic carbocycles. The normalized spacial score (nSPS) is 23.9. The van der Waals surface area contributed by atoms with E-state index in [9.17, 15) is 4.79 Å². The molecule has 2 aliphatic rings. The van der Waals surface area contributed by atoms with Crippen LogP contribution in [0.3, 0.4) is 0 Å². The average molecular weight is 437 g/mol. The quantitative estimate of drug-likeness (QED) is 0.643. The molecule has 4 rings (SSSR count). The number of benzene rings is 2. The van der Waals surface area contributed by atoms with Crippen molar-refractivity contribution in [2.24, 2.45) is 5.92 Å². The summed E-state index contributed by atoms with van der Waals surface area (Å²) in [5.74, 6) is 2.12. The van der Waals surface area contributed by atoms with E-state index < -0.39 is 6.09 Å². The molecule has 2 aliphatic heterocycles. The number of rotatable bonds is 7. The van der Waals surface area contributed by atoms with Crippen LogP contribution in [0.4, 0.5) is 4.79 Å². The van der Waals surface area contributed by atoms with E-state index >= 15 is 0 Å². The van der Waals surface area contributed by atoms with Gasteiger partial charge in [0, 0.05) is 36.5 Å². The number of alkyl carbamates (subject to hydrolysis) is 1. The summed E-state index contributed by atoms with van der Waals surface area (Å²) in [5.41, 5.74) is 3.06. The Morgan fingerprint density at radius 2 is 1.84 bits per heavy atom. The van der Waals surface area contributed by atoms with Crippen molar-refractivity contribution < 1.29 is 9.53 Å². The highest BCUT2D eigenvalue weighted by Gasteiger charge is 2.36. The third-order valence-corrected chi connectivity index (χ3v) is 7.77. The van der Waals surface area contributed by atoms with Crippen molar-refractivity contribution in [1.29, 1.82) is 0 Å². The zero-order chi connectivity index (χ0) is 21.5. The van der Waals surface area contributed by atoms with Crippen LogP contribution in [0.1, 0.15) is 30.9 Å². The van der Waals surface area contributed by atoms with Crippen LogP contribution in [0, 0.1) is 5.92 Å². The molecule has 0 bridgehead atoms. The predicted octanol–water partition coefficient (Wildman–Crippen LogP) is 5.26. The lowest BCUT2D eigenvalue weighted by atomic mass is 9.91. The first-order valence-corrected chi connectivity index (χ1v) is 12.3. The van der Waals surface area contributed by atoms with E-state index in [1.54, 1.807) is 0 Å². The Morgan fingerprint density at radius 1 is 1.13 bits per heavy atom. The molecule has 2 aromatic carbocycles. The number of thioether (sulfide) groups is 1. The van der Waals surface area contributed by atoms with E-state index in [0.29, 0.717) is 12.5 Å². The summed E-state index contributed by atoms with van der Waals surface area (Å²) in [6.45, 7) is 4.62. The van der Waals surface area contributed by atoms with E-state index in [1.165, 1.54) is 24.2 Å². The van der Waals surface area contributed by atoms with E-state index in [1.807, 2.05) is 48.5 Å². The van der Waals surface area contributed by atoms with Crippen molar-refractivity contribution >= 4 is 17.9 Å². The lowest BCUT2D eigenvalue weighted by molar-refractivity contribution is 0.138. The molecule has 164 valence electrons. The molecule has 0 aromatic heterocycles. The van der Waals surface area contributed by atoms with Crippen LogP contribution in [0.25, 0.3) is 0 Å². The molecule has 2 fully saturated rings. The van der Waals surface area contributed by atoms with Crippen molar-refractivity contribution in [2.45, 2.75) is 44.1 Å². The molecule has 1 amide bonds. The Kier molecular flexibility index (Phi) is 7.71. The number of fused-ring (bicyclic) bond motifs is 1. The third kappa shape index (κ3) is 6.37. The highest BCUT2D eigenvalue weighted by Crippen LogP contribution is 2.39. The summed E-state index contributed by atoms with van der Waals surface area (Å²) in [6, 6.07) is 20.6. The van der Waals surface area contributed by atoms with Gasteiger partial charge in [0.05, 0.1) is 0 Å². The van der Waals surface area contributed by atoms with Gasteiger partial charge in [0.25, 0.3) is 0 Å². The topological polar surface area (TPSA) is 41.6 Å². The van der Waals surface area contributed by atoms with Crippen LogP contribution < -0.4 is 5.32 Å². The van der Waals surface area contributed by atoms with Crippen LogP contribution in [-0.2, 0) is 17.8 Å². The first-order chi connectivity index (χ1) is 15.2. The zero-order valence-corrected chi connectivity index (χ0v) is 19.0. The fourth-order valence-corrected chi connectivity index (χ4v) is 6.13. The summed E-state index contributed by atoms with van der Waals surface area (Å²) in [4.78, 5) is 15.1. The van der Waals surface area contributed by atoms with Gasteiger partial charge >= 0.3 is 6.09 Å². The Bertz CT molecular complexity index is 871. The summed E-state index contributed by atoms with van der Waals surface area (Å²) >= 11 is 2.15. The number of amides is 1. The van der Waals surface area contributed by atoms with Crippen LogP contribution in [0.2, 0.25) is 0 Å². The maximum Gasteiger partial charge on any atom is 0.411 e. The lowest BCUT2D eigenvalue weighted by Gasteiger charge is -2.39. The van der Waals surface area contributed by atoms with Gasteiger partial charge in [-0.15, -0.1) is 0 Å². The maximum absolute atomic E-state index is 12.5. The van der Waals surface area contributed by atoms with E-state index in [0.717, 1.165) is 35.5 Å². The first-order valence-electron chi connectivity index (χ1n) is 11.2. The fourth-order valence-electron chi connectivity index (χ4n) is 4.48. The largest absolute Gasteiger partial charge is 0.444 e. The molecule has 31 heavy (non-hydrogen) atoms. The zero-order valence-electron chi connectivity index (χ0n) is 18.2.